The van der Waals surface area contributed by atoms with Crippen LogP contribution >= 0.6 is 0 Å². The van der Waals surface area contributed by atoms with E-state index >= 15 is 0 Å². The van der Waals surface area contributed by atoms with Crippen molar-refractivity contribution in [1.29, 1.82) is 0 Å². The zero-order valence-corrected chi connectivity index (χ0v) is 11.1. The minimum atomic E-state index is -0.241. The first-order valence-corrected chi connectivity index (χ1v) is 5.96. The van der Waals surface area contributed by atoms with E-state index in [1.165, 1.54) is 0 Å². The van der Waals surface area contributed by atoms with Crippen LogP contribution in [0.4, 0.5) is 11.4 Å². The highest BCUT2D eigenvalue weighted by Crippen LogP contribution is 2.27. The van der Waals surface area contributed by atoms with E-state index in [1.54, 1.807) is 20.1 Å². The second-order valence-corrected chi connectivity index (χ2v) is 3.75. The van der Waals surface area contributed by atoms with Gasteiger partial charge >= 0.3 is 5.97 Å². The highest BCUT2D eigenvalue weighted by atomic mass is 16.5. The number of nitrogens with zero attached hydrogens (tertiary/aromatic N) is 1. The first kappa shape index (κ1) is 14.2. The number of nitrogens with two attached hydrogens (primary N) is 1. The van der Waals surface area contributed by atoms with Gasteiger partial charge in [-0.2, -0.15) is 0 Å². The molecule has 1 aromatic rings. The molecule has 0 heterocycles. The lowest BCUT2D eigenvalue weighted by molar-refractivity contribution is -0.141. The summed E-state index contributed by atoms with van der Waals surface area (Å²) in [5.41, 5.74) is 7.22. The number of carbonyl (C=O) groups excluding carboxylic acids is 1. The predicted octanol–water partition coefficient (Wildman–Crippen LogP) is 1.67. The summed E-state index contributed by atoms with van der Waals surface area (Å²) in [5, 5.41) is 0. The largest absolute Gasteiger partial charge is 0.495 e. The number of rotatable bonds is 6. The zero-order chi connectivity index (χ0) is 13.5. The molecule has 0 atom stereocenters. The molecule has 5 heteroatoms. The lowest BCUT2D eigenvalue weighted by atomic mass is 10.2. The quantitative estimate of drug-likeness (QED) is 0.616. The summed E-state index contributed by atoms with van der Waals surface area (Å²) in [5.74, 6) is 0.366. The molecule has 0 unspecified atom stereocenters. The fourth-order valence-electron chi connectivity index (χ4n) is 1.64. The van der Waals surface area contributed by atoms with Gasteiger partial charge in [0.15, 0.2) is 0 Å². The van der Waals surface area contributed by atoms with E-state index in [4.69, 9.17) is 15.2 Å². The summed E-state index contributed by atoms with van der Waals surface area (Å²) >= 11 is 0. The molecule has 0 saturated carbocycles. The molecule has 5 nitrogen and oxygen atoms in total. The molecule has 0 aliphatic carbocycles. The van der Waals surface area contributed by atoms with Crippen molar-refractivity contribution in [2.45, 2.75) is 13.8 Å². The topological polar surface area (TPSA) is 64.8 Å². The van der Waals surface area contributed by atoms with Crippen LogP contribution in [0.5, 0.6) is 5.75 Å². The summed E-state index contributed by atoms with van der Waals surface area (Å²) in [6, 6.07) is 5.45. The van der Waals surface area contributed by atoms with Crippen LogP contribution in [0.25, 0.3) is 0 Å². The van der Waals surface area contributed by atoms with E-state index in [2.05, 4.69) is 0 Å². The smallest absolute Gasteiger partial charge is 0.325 e. The number of anilines is 2. The van der Waals surface area contributed by atoms with Crippen molar-refractivity contribution in [3.8, 4) is 5.75 Å². The van der Waals surface area contributed by atoms with Gasteiger partial charge in [-0.25, -0.2) is 0 Å². The standard InChI is InChI=1S/C13H20N2O3/c1-4-15(9-13(16)18-5-2)10-6-7-11(14)12(8-10)17-3/h6-8H,4-5,9,14H2,1-3H3. The van der Waals surface area contributed by atoms with E-state index < -0.39 is 0 Å². The molecule has 0 spiro atoms. The van der Waals surface area contributed by atoms with Crippen LogP contribution in [0.1, 0.15) is 13.8 Å². The average molecular weight is 252 g/mol. The number of esters is 1. The van der Waals surface area contributed by atoms with Gasteiger partial charge in [-0.3, -0.25) is 4.79 Å². The van der Waals surface area contributed by atoms with Crippen molar-refractivity contribution < 1.29 is 14.3 Å². The van der Waals surface area contributed by atoms with E-state index in [-0.39, 0.29) is 12.5 Å². The molecule has 0 aliphatic rings. The Hall–Kier alpha value is -1.91. The highest BCUT2D eigenvalue weighted by Gasteiger charge is 2.12. The number of hydrogen-bond donors (Lipinski definition) is 1. The van der Waals surface area contributed by atoms with Gasteiger partial charge in [0.25, 0.3) is 0 Å². The lowest BCUT2D eigenvalue weighted by Gasteiger charge is -2.22. The van der Waals surface area contributed by atoms with Crippen molar-refractivity contribution in [3.05, 3.63) is 18.2 Å². The molecule has 0 bridgehead atoms. The summed E-state index contributed by atoms with van der Waals surface area (Å²) in [6.07, 6.45) is 0. The van der Waals surface area contributed by atoms with Crippen LogP contribution in [0.15, 0.2) is 18.2 Å². The van der Waals surface area contributed by atoms with E-state index in [1.807, 2.05) is 24.0 Å². The van der Waals surface area contributed by atoms with Gasteiger partial charge < -0.3 is 20.1 Å². The number of hydrogen-bond acceptors (Lipinski definition) is 5. The van der Waals surface area contributed by atoms with Crippen molar-refractivity contribution in [2.24, 2.45) is 0 Å². The number of nitrogen functional groups attached to an aromatic ring is 1. The third-order valence-corrected chi connectivity index (χ3v) is 2.59. The molecule has 0 amide bonds. The van der Waals surface area contributed by atoms with Crippen molar-refractivity contribution in [1.82, 2.24) is 0 Å². The Morgan fingerprint density at radius 2 is 2.11 bits per heavy atom. The molecule has 0 radical (unpaired) electrons. The zero-order valence-electron chi connectivity index (χ0n) is 11.1. The van der Waals surface area contributed by atoms with Crippen molar-refractivity contribution >= 4 is 17.3 Å². The van der Waals surface area contributed by atoms with Gasteiger partial charge in [0, 0.05) is 18.3 Å². The lowest BCUT2D eigenvalue weighted by Crippen LogP contribution is -2.30. The molecule has 0 saturated heterocycles. The Bertz CT molecular complexity index is 407. The molecule has 1 rings (SSSR count). The molecular weight excluding hydrogens is 232 g/mol. The number of carbonyl (C=O) groups is 1. The van der Waals surface area contributed by atoms with E-state index in [0.717, 1.165) is 5.69 Å². The van der Waals surface area contributed by atoms with Gasteiger partial charge in [0.2, 0.25) is 0 Å². The second kappa shape index (κ2) is 6.74. The maximum atomic E-state index is 11.5. The first-order chi connectivity index (χ1) is 8.62. The van der Waals surface area contributed by atoms with Gasteiger partial charge in [-0.1, -0.05) is 0 Å². The van der Waals surface area contributed by atoms with E-state index in [9.17, 15) is 4.79 Å². The third kappa shape index (κ3) is 3.55. The first-order valence-electron chi connectivity index (χ1n) is 5.96. The Labute approximate surface area is 107 Å². The van der Waals surface area contributed by atoms with Crippen LogP contribution in [-0.2, 0) is 9.53 Å². The molecule has 1 aromatic carbocycles. The Balaban J connectivity index is 2.84. The normalized spacial score (nSPS) is 9.94. The molecule has 0 aliphatic heterocycles. The Kier molecular flexibility index (Phi) is 5.30. The van der Waals surface area contributed by atoms with Crippen molar-refractivity contribution in [2.75, 3.05) is 37.4 Å². The van der Waals surface area contributed by atoms with Gasteiger partial charge in [-0.05, 0) is 26.0 Å². The molecule has 18 heavy (non-hydrogen) atoms. The van der Waals surface area contributed by atoms with Crippen LogP contribution in [0.3, 0.4) is 0 Å². The predicted molar refractivity (Wildman–Crippen MR) is 71.9 cm³/mol. The molecule has 100 valence electrons. The minimum absolute atomic E-state index is 0.220. The third-order valence-electron chi connectivity index (χ3n) is 2.59. The van der Waals surface area contributed by atoms with Crippen LogP contribution in [-0.4, -0.2) is 32.8 Å². The number of ether oxygens (including phenoxy) is 2. The maximum absolute atomic E-state index is 11.5. The van der Waals surface area contributed by atoms with Crippen LogP contribution in [0.2, 0.25) is 0 Å². The highest BCUT2D eigenvalue weighted by molar-refractivity contribution is 5.76. The summed E-state index contributed by atoms with van der Waals surface area (Å²) in [6.45, 7) is 5.08. The molecule has 0 fully saturated rings. The van der Waals surface area contributed by atoms with Gasteiger partial charge in [0.05, 0.1) is 19.4 Å². The Morgan fingerprint density at radius 1 is 1.39 bits per heavy atom. The van der Waals surface area contributed by atoms with Gasteiger partial charge in [0.1, 0.15) is 12.3 Å². The Morgan fingerprint density at radius 3 is 2.67 bits per heavy atom. The maximum Gasteiger partial charge on any atom is 0.325 e. The second-order valence-electron chi connectivity index (χ2n) is 3.75. The molecular formula is C13H20N2O3. The van der Waals surface area contributed by atoms with Crippen molar-refractivity contribution in [3.63, 3.8) is 0 Å². The SMILES string of the molecule is CCOC(=O)CN(CC)c1ccc(N)c(OC)c1. The van der Waals surface area contributed by atoms with Gasteiger partial charge in [-0.15, -0.1) is 0 Å². The summed E-state index contributed by atoms with van der Waals surface area (Å²) in [4.78, 5) is 13.4. The minimum Gasteiger partial charge on any atom is -0.495 e. The monoisotopic (exact) mass is 252 g/mol. The molecule has 0 aromatic heterocycles. The van der Waals surface area contributed by atoms with Crippen LogP contribution in [0, 0.1) is 0 Å². The molecule has 2 N–H and O–H groups in total. The average Bonchev–Trinajstić information content (AvgIpc) is 2.37. The number of likely N-dealkylation sites (N-methyl/N-ethyl adjacent to an activating group) is 1. The summed E-state index contributed by atoms with van der Waals surface area (Å²) in [7, 11) is 1.57. The van der Waals surface area contributed by atoms with Crippen LogP contribution < -0.4 is 15.4 Å². The summed E-state index contributed by atoms with van der Waals surface area (Å²) < 4.78 is 10.1. The number of benzene rings is 1. The fourth-order valence-corrected chi connectivity index (χ4v) is 1.64. The number of methoxy groups -OCH3 is 1. The fraction of sp³-hybridized carbons (Fsp3) is 0.462. The van der Waals surface area contributed by atoms with E-state index in [0.29, 0.717) is 24.6 Å².